The predicted octanol–water partition coefficient (Wildman–Crippen LogP) is 2.30. The van der Waals surface area contributed by atoms with E-state index in [4.69, 9.17) is 0 Å². The highest BCUT2D eigenvalue weighted by Gasteiger charge is 2.31. The first-order valence-electron chi connectivity index (χ1n) is 8.59. The van der Waals surface area contributed by atoms with E-state index in [1.165, 1.54) is 17.7 Å². The van der Waals surface area contributed by atoms with Crippen molar-refractivity contribution < 1.29 is 9.90 Å². The van der Waals surface area contributed by atoms with Gasteiger partial charge in [0.15, 0.2) is 0 Å². The van der Waals surface area contributed by atoms with Gasteiger partial charge in [-0.25, -0.2) is 4.79 Å². The van der Waals surface area contributed by atoms with Crippen molar-refractivity contribution in [3.63, 3.8) is 0 Å². The summed E-state index contributed by atoms with van der Waals surface area (Å²) < 4.78 is 0. The monoisotopic (exact) mass is 337 g/mol. The highest BCUT2D eigenvalue weighted by Crippen LogP contribution is 2.32. The summed E-state index contributed by atoms with van der Waals surface area (Å²) in [5, 5.41) is 15.1. The second-order valence-electron chi connectivity index (χ2n) is 6.75. The van der Waals surface area contributed by atoms with Crippen molar-refractivity contribution in [1.82, 2.24) is 15.1 Å². The largest absolute Gasteiger partial charge is 0.391 e. The molecule has 3 rings (SSSR count). The van der Waals surface area contributed by atoms with Crippen molar-refractivity contribution in [2.24, 2.45) is 5.92 Å². The first-order valence-corrected chi connectivity index (χ1v) is 9.47. The molecule has 1 aliphatic heterocycles. The minimum Gasteiger partial charge on any atom is -0.391 e. The first-order chi connectivity index (χ1) is 11.1. The number of aliphatic hydroxyl groups excluding tert-OH is 1. The second kappa shape index (κ2) is 7.64. The highest BCUT2D eigenvalue weighted by molar-refractivity contribution is 7.10. The van der Waals surface area contributed by atoms with E-state index in [2.05, 4.69) is 27.7 Å². The Kier molecular flexibility index (Phi) is 5.56. The molecule has 0 radical (unpaired) electrons. The molecule has 2 amide bonds. The lowest BCUT2D eigenvalue weighted by atomic mass is 10.2. The molecule has 23 heavy (non-hydrogen) atoms. The molecule has 2 unspecified atom stereocenters. The smallest absolute Gasteiger partial charge is 0.317 e. The Bertz CT molecular complexity index is 498. The molecule has 2 atom stereocenters. The van der Waals surface area contributed by atoms with Gasteiger partial charge in [0.1, 0.15) is 0 Å². The lowest BCUT2D eigenvalue weighted by Gasteiger charge is -2.28. The SMILES string of the molecule is CN(CC(O)C1CC1)C(=O)NCC(c1cccs1)N1CCCC1. The number of likely N-dealkylation sites (tertiary alicyclic amines) is 1. The summed E-state index contributed by atoms with van der Waals surface area (Å²) in [6.07, 6.45) is 4.28. The third-order valence-electron chi connectivity index (χ3n) is 4.87. The Labute approximate surface area is 142 Å². The summed E-state index contributed by atoms with van der Waals surface area (Å²) in [7, 11) is 1.76. The number of aliphatic hydroxyl groups is 1. The van der Waals surface area contributed by atoms with Crippen molar-refractivity contribution in [2.45, 2.75) is 37.8 Å². The maximum atomic E-state index is 12.3. The van der Waals surface area contributed by atoms with Gasteiger partial charge in [0, 0.05) is 25.0 Å². The summed E-state index contributed by atoms with van der Waals surface area (Å²) in [6.45, 7) is 3.26. The van der Waals surface area contributed by atoms with E-state index in [1.54, 1.807) is 23.3 Å². The van der Waals surface area contributed by atoms with Gasteiger partial charge in [-0.1, -0.05) is 6.07 Å². The van der Waals surface area contributed by atoms with Crippen LogP contribution in [0.4, 0.5) is 4.79 Å². The molecule has 2 aliphatic rings. The number of rotatable bonds is 7. The molecule has 2 fully saturated rings. The van der Waals surface area contributed by atoms with Gasteiger partial charge < -0.3 is 15.3 Å². The number of thiophene rings is 1. The summed E-state index contributed by atoms with van der Waals surface area (Å²) in [4.78, 5) is 17.7. The van der Waals surface area contributed by atoms with Gasteiger partial charge in [-0.3, -0.25) is 4.90 Å². The fraction of sp³-hybridized carbons (Fsp3) is 0.706. The van der Waals surface area contributed by atoms with Crippen molar-refractivity contribution in [1.29, 1.82) is 0 Å². The van der Waals surface area contributed by atoms with Crippen molar-refractivity contribution in [2.75, 3.05) is 33.2 Å². The average Bonchev–Trinajstić information content (AvgIpc) is 3.02. The van der Waals surface area contributed by atoms with Crippen LogP contribution in [-0.2, 0) is 0 Å². The van der Waals surface area contributed by atoms with E-state index >= 15 is 0 Å². The van der Waals surface area contributed by atoms with Gasteiger partial charge in [-0.05, 0) is 56.1 Å². The number of carbonyl (C=O) groups excluding carboxylic acids is 1. The van der Waals surface area contributed by atoms with Crippen LogP contribution < -0.4 is 5.32 Å². The number of nitrogens with one attached hydrogen (secondary N) is 1. The van der Waals surface area contributed by atoms with Crippen LogP contribution in [0.2, 0.25) is 0 Å². The van der Waals surface area contributed by atoms with E-state index in [0.29, 0.717) is 19.0 Å². The maximum absolute atomic E-state index is 12.3. The lowest BCUT2D eigenvalue weighted by Crippen LogP contribution is -2.44. The molecular formula is C17H27N3O2S. The Morgan fingerprint density at radius 2 is 2.22 bits per heavy atom. The summed E-state index contributed by atoms with van der Waals surface area (Å²) >= 11 is 1.75. The standard InChI is InChI=1S/C17H27N3O2S/c1-19(12-15(21)13-6-7-13)17(22)18-11-14(16-5-4-10-23-16)20-8-2-3-9-20/h4-5,10,13-15,21H,2-3,6-9,11-12H2,1H3,(H,18,22). The number of carbonyl (C=O) groups is 1. The fourth-order valence-corrected chi connectivity index (χ4v) is 4.12. The molecule has 1 aromatic heterocycles. The number of nitrogens with zero attached hydrogens (tertiary/aromatic N) is 2. The van der Waals surface area contributed by atoms with Gasteiger partial charge in [-0.15, -0.1) is 11.3 Å². The number of urea groups is 1. The molecule has 2 heterocycles. The summed E-state index contributed by atoms with van der Waals surface area (Å²) in [6, 6.07) is 4.40. The van der Waals surface area contributed by atoms with Gasteiger partial charge in [0.25, 0.3) is 0 Å². The molecule has 1 saturated carbocycles. The number of hydrogen-bond donors (Lipinski definition) is 2. The van der Waals surface area contributed by atoms with Crippen molar-refractivity contribution in [3.8, 4) is 0 Å². The third kappa shape index (κ3) is 4.46. The van der Waals surface area contributed by atoms with Crippen LogP contribution in [0.25, 0.3) is 0 Å². The zero-order valence-electron chi connectivity index (χ0n) is 13.8. The van der Waals surface area contributed by atoms with Gasteiger partial charge in [0.05, 0.1) is 12.1 Å². The van der Waals surface area contributed by atoms with Crippen LogP contribution in [0.3, 0.4) is 0 Å². The Balaban J connectivity index is 1.52. The molecule has 1 aliphatic carbocycles. The molecule has 5 nitrogen and oxygen atoms in total. The van der Waals surface area contributed by atoms with Crippen LogP contribution in [0.1, 0.15) is 36.6 Å². The molecule has 2 N–H and O–H groups in total. The van der Waals surface area contributed by atoms with Crippen molar-refractivity contribution in [3.05, 3.63) is 22.4 Å². The van der Waals surface area contributed by atoms with Crippen LogP contribution in [0, 0.1) is 5.92 Å². The topological polar surface area (TPSA) is 55.8 Å². The predicted molar refractivity (Wildman–Crippen MR) is 92.6 cm³/mol. The summed E-state index contributed by atoms with van der Waals surface area (Å²) in [5.74, 6) is 0.397. The van der Waals surface area contributed by atoms with Crippen LogP contribution in [-0.4, -0.2) is 60.3 Å². The zero-order chi connectivity index (χ0) is 16.2. The average molecular weight is 337 g/mol. The molecule has 0 bridgehead atoms. The normalized spacial score (nSPS) is 21.1. The van der Waals surface area contributed by atoms with Crippen molar-refractivity contribution >= 4 is 17.4 Å². The highest BCUT2D eigenvalue weighted by atomic mass is 32.1. The van der Waals surface area contributed by atoms with Gasteiger partial charge >= 0.3 is 6.03 Å². The quantitative estimate of drug-likeness (QED) is 0.803. The molecule has 6 heteroatoms. The minimum atomic E-state index is -0.377. The van der Waals surface area contributed by atoms with Crippen LogP contribution in [0.15, 0.2) is 17.5 Å². The van der Waals surface area contributed by atoms with E-state index in [1.807, 2.05) is 0 Å². The Morgan fingerprint density at radius 1 is 1.48 bits per heavy atom. The maximum Gasteiger partial charge on any atom is 0.317 e. The van der Waals surface area contributed by atoms with E-state index in [-0.39, 0.29) is 18.2 Å². The van der Waals surface area contributed by atoms with Gasteiger partial charge in [-0.2, -0.15) is 0 Å². The lowest BCUT2D eigenvalue weighted by molar-refractivity contribution is 0.112. The van der Waals surface area contributed by atoms with Crippen LogP contribution >= 0.6 is 11.3 Å². The molecular weight excluding hydrogens is 310 g/mol. The molecule has 1 saturated heterocycles. The number of likely N-dealkylation sites (N-methyl/N-ethyl adjacent to an activating group) is 1. The second-order valence-corrected chi connectivity index (χ2v) is 7.72. The summed E-state index contributed by atoms with van der Waals surface area (Å²) in [5.41, 5.74) is 0. The third-order valence-corrected chi connectivity index (χ3v) is 5.85. The van der Waals surface area contributed by atoms with Crippen LogP contribution in [0.5, 0.6) is 0 Å². The first kappa shape index (κ1) is 16.7. The zero-order valence-corrected chi connectivity index (χ0v) is 14.6. The fourth-order valence-electron chi connectivity index (χ4n) is 3.26. The Morgan fingerprint density at radius 3 is 2.83 bits per heavy atom. The van der Waals surface area contributed by atoms with Gasteiger partial charge in [0.2, 0.25) is 0 Å². The molecule has 0 spiro atoms. The Hall–Kier alpha value is -1.11. The minimum absolute atomic E-state index is 0.0922. The molecule has 1 aromatic rings. The van der Waals surface area contributed by atoms with E-state index < -0.39 is 0 Å². The van der Waals surface area contributed by atoms with E-state index in [0.717, 1.165) is 25.9 Å². The molecule has 128 valence electrons. The van der Waals surface area contributed by atoms with E-state index in [9.17, 15) is 9.90 Å². The molecule has 0 aromatic carbocycles. The number of hydrogen-bond acceptors (Lipinski definition) is 4. The number of amides is 2.